The maximum atomic E-state index is 12.8. The van der Waals surface area contributed by atoms with Crippen LogP contribution >= 0.6 is 0 Å². The molecule has 0 amide bonds. The second-order valence-electron chi connectivity index (χ2n) is 6.48. The molecule has 0 radical (unpaired) electrons. The Hall–Kier alpha value is -2.06. The number of alkyl halides is 3. The van der Waals surface area contributed by atoms with Crippen LogP contribution in [0.15, 0.2) is 54.6 Å². The Balaban J connectivity index is 1.57. The lowest BCUT2D eigenvalue weighted by Crippen LogP contribution is -2.42. The molecule has 8 heteroatoms. The first-order chi connectivity index (χ1) is 12.7. The molecule has 0 N–H and O–H groups in total. The highest BCUT2D eigenvalue weighted by molar-refractivity contribution is 7.88. The van der Waals surface area contributed by atoms with Crippen LogP contribution in [0.4, 0.5) is 13.2 Å². The van der Waals surface area contributed by atoms with Gasteiger partial charge in [-0.05, 0) is 36.6 Å². The van der Waals surface area contributed by atoms with E-state index in [2.05, 4.69) is 0 Å². The summed E-state index contributed by atoms with van der Waals surface area (Å²) in [6.07, 6.45) is -3.86. The minimum absolute atomic E-state index is 0.0625. The van der Waals surface area contributed by atoms with Gasteiger partial charge < -0.3 is 4.74 Å². The van der Waals surface area contributed by atoms with Gasteiger partial charge in [0.15, 0.2) is 0 Å². The zero-order valence-electron chi connectivity index (χ0n) is 14.5. The molecule has 1 fully saturated rings. The van der Waals surface area contributed by atoms with Crippen LogP contribution in [0.25, 0.3) is 0 Å². The van der Waals surface area contributed by atoms with Crippen molar-refractivity contribution in [3.8, 4) is 5.75 Å². The molecule has 0 saturated carbocycles. The van der Waals surface area contributed by atoms with Gasteiger partial charge in [0.2, 0.25) is 10.0 Å². The van der Waals surface area contributed by atoms with E-state index < -0.39 is 21.8 Å². The third-order valence-electron chi connectivity index (χ3n) is 4.45. The SMILES string of the molecule is O=S(=O)(Cc1ccccc1)N1CCC(Oc2cccc(C(F)(F)F)c2)CC1. The Morgan fingerprint density at radius 3 is 2.30 bits per heavy atom. The van der Waals surface area contributed by atoms with Crippen molar-refractivity contribution in [1.82, 2.24) is 4.31 Å². The molecule has 0 aromatic heterocycles. The topological polar surface area (TPSA) is 46.6 Å². The van der Waals surface area contributed by atoms with Crippen molar-refractivity contribution in [2.45, 2.75) is 30.9 Å². The standard InChI is InChI=1S/C19H20F3NO3S/c20-19(21,22)16-7-4-8-18(13-16)26-17-9-11-23(12-10-17)27(24,25)14-15-5-2-1-3-6-15/h1-8,13,17H,9-12,14H2. The first-order valence-electron chi connectivity index (χ1n) is 8.60. The number of halogens is 3. The van der Waals surface area contributed by atoms with Gasteiger partial charge in [0.25, 0.3) is 0 Å². The zero-order valence-corrected chi connectivity index (χ0v) is 15.3. The predicted octanol–water partition coefficient (Wildman–Crippen LogP) is 4.08. The van der Waals surface area contributed by atoms with Gasteiger partial charge in [-0.1, -0.05) is 36.4 Å². The van der Waals surface area contributed by atoms with Crippen molar-refractivity contribution in [2.24, 2.45) is 0 Å². The number of ether oxygens (including phenoxy) is 1. The minimum Gasteiger partial charge on any atom is -0.490 e. The molecule has 1 aliphatic heterocycles. The highest BCUT2D eigenvalue weighted by Crippen LogP contribution is 2.32. The van der Waals surface area contributed by atoms with Crippen LogP contribution < -0.4 is 4.74 Å². The zero-order chi connectivity index (χ0) is 19.5. The maximum Gasteiger partial charge on any atom is 0.416 e. The van der Waals surface area contributed by atoms with Crippen molar-refractivity contribution in [3.63, 3.8) is 0 Å². The predicted molar refractivity (Wildman–Crippen MR) is 95.7 cm³/mol. The Morgan fingerprint density at radius 1 is 1.00 bits per heavy atom. The normalized spacial score (nSPS) is 17.0. The molecule has 0 bridgehead atoms. The van der Waals surface area contributed by atoms with Gasteiger partial charge in [0, 0.05) is 13.1 Å². The maximum absolute atomic E-state index is 12.8. The molecule has 0 spiro atoms. The first-order valence-corrected chi connectivity index (χ1v) is 10.2. The average molecular weight is 399 g/mol. The van der Waals surface area contributed by atoms with Gasteiger partial charge in [0.05, 0.1) is 11.3 Å². The molecule has 2 aromatic rings. The summed E-state index contributed by atoms with van der Waals surface area (Å²) in [5.74, 6) is 0.0860. The number of hydrogen-bond donors (Lipinski definition) is 0. The Labute approximate surface area is 156 Å². The molecule has 27 heavy (non-hydrogen) atoms. The molecule has 3 rings (SSSR count). The van der Waals surface area contributed by atoms with E-state index in [4.69, 9.17) is 4.74 Å². The monoisotopic (exact) mass is 399 g/mol. The Bertz CT molecular complexity index is 861. The van der Waals surface area contributed by atoms with Crippen molar-refractivity contribution in [3.05, 3.63) is 65.7 Å². The van der Waals surface area contributed by atoms with Crippen LogP contribution in [0.2, 0.25) is 0 Å². The summed E-state index contributed by atoms with van der Waals surface area (Å²) in [6.45, 7) is 0.581. The Kier molecular flexibility index (Phi) is 5.76. The fourth-order valence-corrected chi connectivity index (χ4v) is 4.61. The van der Waals surface area contributed by atoms with Gasteiger partial charge in [-0.25, -0.2) is 12.7 Å². The van der Waals surface area contributed by atoms with E-state index in [0.29, 0.717) is 25.9 Å². The molecule has 1 heterocycles. The third kappa shape index (κ3) is 5.23. The van der Waals surface area contributed by atoms with Gasteiger partial charge in [-0.2, -0.15) is 13.2 Å². The third-order valence-corrected chi connectivity index (χ3v) is 6.30. The van der Waals surface area contributed by atoms with Crippen molar-refractivity contribution >= 4 is 10.0 Å². The lowest BCUT2D eigenvalue weighted by Gasteiger charge is -2.31. The van der Waals surface area contributed by atoms with Crippen LogP contribution in [-0.2, 0) is 22.0 Å². The molecular weight excluding hydrogens is 379 g/mol. The lowest BCUT2D eigenvalue weighted by molar-refractivity contribution is -0.137. The van der Waals surface area contributed by atoms with Crippen LogP contribution in [0.1, 0.15) is 24.0 Å². The first kappa shape index (κ1) is 19.7. The molecule has 146 valence electrons. The van der Waals surface area contributed by atoms with Crippen LogP contribution in [-0.4, -0.2) is 31.9 Å². The molecule has 1 aliphatic rings. The van der Waals surface area contributed by atoms with Crippen molar-refractivity contribution in [2.75, 3.05) is 13.1 Å². The van der Waals surface area contributed by atoms with E-state index in [0.717, 1.165) is 17.7 Å². The molecule has 0 unspecified atom stereocenters. The number of hydrogen-bond acceptors (Lipinski definition) is 3. The summed E-state index contributed by atoms with van der Waals surface area (Å²) >= 11 is 0. The number of sulfonamides is 1. The highest BCUT2D eigenvalue weighted by Gasteiger charge is 2.32. The molecule has 4 nitrogen and oxygen atoms in total. The van der Waals surface area contributed by atoms with Crippen molar-refractivity contribution in [1.29, 1.82) is 0 Å². The summed E-state index contributed by atoms with van der Waals surface area (Å²) in [5, 5.41) is 0. The number of piperidine rings is 1. The summed E-state index contributed by atoms with van der Waals surface area (Å²) in [5.41, 5.74) is -0.0392. The molecular formula is C19H20F3NO3S. The van der Waals surface area contributed by atoms with E-state index in [1.165, 1.54) is 16.4 Å². The van der Waals surface area contributed by atoms with Gasteiger partial charge >= 0.3 is 6.18 Å². The second-order valence-corrected chi connectivity index (χ2v) is 8.45. The van der Waals surface area contributed by atoms with E-state index in [9.17, 15) is 21.6 Å². The molecule has 1 saturated heterocycles. The van der Waals surface area contributed by atoms with E-state index >= 15 is 0 Å². The number of benzene rings is 2. The van der Waals surface area contributed by atoms with Crippen molar-refractivity contribution < 1.29 is 26.3 Å². The van der Waals surface area contributed by atoms with Crippen LogP contribution in [0, 0.1) is 0 Å². The van der Waals surface area contributed by atoms with E-state index in [1.54, 1.807) is 24.3 Å². The largest absolute Gasteiger partial charge is 0.490 e. The van der Waals surface area contributed by atoms with Crippen LogP contribution in [0.5, 0.6) is 5.75 Å². The average Bonchev–Trinajstić information content (AvgIpc) is 2.62. The summed E-state index contributed by atoms with van der Waals surface area (Å²) < 4.78 is 70.5. The van der Waals surface area contributed by atoms with Gasteiger partial charge in [-0.15, -0.1) is 0 Å². The number of rotatable bonds is 5. The van der Waals surface area contributed by atoms with E-state index in [-0.39, 0.29) is 17.6 Å². The number of nitrogens with zero attached hydrogens (tertiary/aromatic N) is 1. The van der Waals surface area contributed by atoms with Gasteiger partial charge in [-0.3, -0.25) is 0 Å². The molecule has 2 aromatic carbocycles. The lowest BCUT2D eigenvalue weighted by atomic mass is 10.1. The van der Waals surface area contributed by atoms with E-state index in [1.807, 2.05) is 6.07 Å². The second kappa shape index (κ2) is 7.90. The smallest absolute Gasteiger partial charge is 0.416 e. The fraction of sp³-hybridized carbons (Fsp3) is 0.368. The quantitative estimate of drug-likeness (QED) is 0.761. The van der Waals surface area contributed by atoms with Gasteiger partial charge in [0.1, 0.15) is 11.9 Å². The highest BCUT2D eigenvalue weighted by atomic mass is 32.2. The summed E-state index contributed by atoms with van der Waals surface area (Å²) in [7, 11) is -3.43. The Morgan fingerprint density at radius 2 is 1.67 bits per heavy atom. The fourth-order valence-electron chi connectivity index (χ4n) is 3.04. The molecule has 0 aliphatic carbocycles. The van der Waals surface area contributed by atoms with Crippen LogP contribution in [0.3, 0.4) is 0 Å². The minimum atomic E-state index is -4.42. The summed E-state index contributed by atoms with van der Waals surface area (Å²) in [6, 6.07) is 13.7. The molecule has 0 atom stereocenters. The summed E-state index contributed by atoms with van der Waals surface area (Å²) in [4.78, 5) is 0.